The van der Waals surface area contributed by atoms with Crippen molar-refractivity contribution in [1.82, 2.24) is 5.32 Å². The van der Waals surface area contributed by atoms with Crippen LogP contribution in [0.5, 0.6) is 5.75 Å². The van der Waals surface area contributed by atoms with E-state index in [1.165, 1.54) is 7.11 Å². The molecule has 112 valence electrons. The average Bonchev–Trinajstić information content (AvgIpc) is 2.54. The molecule has 5 heteroatoms. The first-order chi connectivity index (χ1) is 10.7. The first-order valence-corrected chi connectivity index (χ1v) is 6.97. The summed E-state index contributed by atoms with van der Waals surface area (Å²) in [7, 11) is 1.52. The van der Waals surface area contributed by atoms with Gasteiger partial charge in [-0.2, -0.15) is 0 Å². The number of hydrogen-bond acceptors (Lipinski definition) is 4. The van der Waals surface area contributed by atoms with Gasteiger partial charge in [-0.15, -0.1) is 0 Å². The van der Waals surface area contributed by atoms with E-state index < -0.39 is 0 Å². The molecular formula is C17H15NO4. The molecule has 0 spiro atoms. The topological polar surface area (TPSA) is 68.5 Å². The van der Waals surface area contributed by atoms with E-state index in [0.717, 1.165) is 0 Å². The molecule has 0 saturated heterocycles. The zero-order valence-corrected chi connectivity index (χ0v) is 12.3. The molecule has 0 aliphatic heterocycles. The minimum Gasteiger partial charge on any atom is -0.493 e. The van der Waals surface area contributed by atoms with Gasteiger partial charge in [0.1, 0.15) is 5.58 Å². The highest BCUT2D eigenvalue weighted by atomic mass is 16.5. The molecule has 1 heterocycles. The second kappa shape index (κ2) is 5.52. The van der Waals surface area contributed by atoms with Gasteiger partial charge in [0.2, 0.25) is 5.43 Å². The molecule has 1 N–H and O–H groups in total. The molecule has 0 saturated carbocycles. The Balaban J connectivity index is 2.31. The van der Waals surface area contributed by atoms with Crippen LogP contribution in [0.3, 0.4) is 0 Å². The molecule has 1 amide bonds. The number of carbonyl (C=O) groups excluding carboxylic acids is 1. The van der Waals surface area contributed by atoms with Crippen LogP contribution < -0.4 is 15.5 Å². The fraction of sp³-hybridized carbons (Fsp3) is 0.176. The summed E-state index contributed by atoms with van der Waals surface area (Å²) in [4.78, 5) is 24.5. The number of methoxy groups -OCH3 is 1. The van der Waals surface area contributed by atoms with Crippen molar-refractivity contribution < 1.29 is 13.9 Å². The fourth-order valence-corrected chi connectivity index (χ4v) is 2.41. The number of rotatable bonds is 3. The summed E-state index contributed by atoms with van der Waals surface area (Å²) in [6, 6.07) is 9.98. The van der Waals surface area contributed by atoms with Gasteiger partial charge >= 0.3 is 0 Å². The third-order valence-electron chi connectivity index (χ3n) is 3.48. The van der Waals surface area contributed by atoms with Gasteiger partial charge in [0.15, 0.2) is 11.3 Å². The predicted molar refractivity (Wildman–Crippen MR) is 84.5 cm³/mol. The van der Waals surface area contributed by atoms with Crippen LogP contribution in [0.1, 0.15) is 17.3 Å². The predicted octanol–water partition coefficient (Wildman–Crippen LogP) is 2.70. The fourth-order valence-electron chi connectivity index (χ4n) is 2.41. The van der Waals surface area contributed by atoms with Crippen molar-refractivity contribution in [2.75, 3.05) is 13.7 Å². The van der Waals surface area contributed by atoms with Crippen LogP contribution in [0.25, 0.3) is 21.9 Å². The first-order valence-electron chi connectivity index (χ1n) is 6.97. The van der Waals surface area contributed by atoms with Gasteiger partial charge in [-0.3, -0.25) is 9.59 Å². The Labute approximate surface area is 126 Å². The lowest BCUT2D eigenvalue weighted by molar-refractivity contribution is 0.0956. The molecule has 2 aromatic carbocycles. The molecular weight excluding hydrogens is 282 g/mol. The second-order valence-corrected chi connectivity index (χ2v) is 4.84. The Bertz CT molecular complexity index is 927. The molecule has 0 aliphatic rings. The minimum atomic E-state index is -0.202. The van der Waals surface area contributed by atoms with Gasteiger partial charge in [0, 0.05) is 12.1 Å². The Morgan fingerprint density at radius 1 is 1.23 bits per heavy atom. The summed E-state index contributed by atoms with van der Waals surface area (Å²) in [5.74, 6) is 0.284. The molecule has 5 nitrogen and oxygen atoms in total. The average molecular weight is 297 g/mol. The third kappa shape index (κ3) is 2.20. The molecule has 0 unspecified atom stereocenters. The second-order valence-electron chi connectivity index (χ2n) is 4.84. The van der Waals surface area contributed by atoms with Crippen molar-refractivity contribution >= 4 is 27.8 Å². The van der Waals surface area contributed by atoms with Crippen molar-refractivity contribution in [3.8, 4) is 5.75 Å². The minimum absolute atomic E-state index is 0.141. The van der Waals surface area contributed by atoms with Crippen LogP contribution >= 0.6 is 0 Å². The smallest absolute Gasteiger partial charge is 0.251 e. The van der Waals surface area contributed by atoms with E-state index >= 15 is 0 Å². The number of benzene rings is 2. The molecule has 3 rings (SSSR count). The number of hydrogen-bond donors (Lipinski definition) is 1. The zero-order valence-electron chi connectivity index (χ0n) is 12.3. The van der Waals surface area contributed by atoms with Gasteiger partial charge in [-0.1, -0.05) is 6.07 Å². The first kappa shape index (κ1) is 14.1. The van der Waals surface area contributed by atoms with Crippen molar-refractivity contribution in [1.29, 1.82) is 0 Å². The van der Waals surface area contributed by atoms with Crippen LogP contribution in [0.2, 0.25) is 0 Å². The highest BCUT2D eigenvalue weighted by molar-refractivity contribution is 5.99. The molecule has 0 bridgehead atoms. The molecule has 0 atom stereocenters. The summed E-state index contributed by atoms with van der Waals surface area (Å²) in [6.45, 7) is 2.38. The molecule has 0 radical (unpaired) electrons. The maximum absolute atomic E-state index is 12.5. The Morgan fingerprint density at radius 3 is 2.77 bits per heavy atom. The quantitative estimate of drug-likeness (QED) is 0.755. The van der Waals surface area contributed by atoms with Crippen molar-refractivity contribution in [3.05, 3.63) is 52.2 Å². The highest BCUT2D eigenvalue weighted by Crippen LogP contribution is 2.27. The van der Waals surface area contributed by atoms with E-state index in [1.54, 1.807) is 36.4 Å². The van der Waals surface area contributed by atoms with Crippen LogP contribution in [0.15, 0.2) is 45.6 Å². The van der Waals surface area contributed by atoms with Gasteiger partial charge in [0.05, 0.1) is 17.9 Å². The number of carbonyl (C=O) groups is 1. The zero-order chi connectivity index (χ0) is 15.7. The Hall–Kier alpha value is -2.82. The lowest BCUT2D eigenvalue weighted by Gasteiger charge is -2.07. The van der Waals surface area contributed by atoms with Crippen LogP contribution in [0, 0.1) is 0 Å². The van der Waals surface area contributed by atoms with Crippen molar-refractivity contribution in [3.63, 3.8) is 0 Å². The van der Waals surface area contributed by atoms with E-state index in [4.69, 9.17) is 9.15 Å². The van der Waals surface area contributed by atoms with Gasteiger partial charge < -0.3 is 14.5 Å². The van der Waals surface area contributed by atoms with Crippen LogP contribution in [-0.4, -0.2) is 19.6 Å². The largest absolute Gasteiger partial charge is 0.493 e. The SMILES string of the molecule is CCNC(=O)c1ccc2c(=O)c3cccc(OC)c3oc2c1. The summed E-state index contributed by atoms with van der Waals surface area (Å²) < 4.78 is 11.0. The van der Waals surface area contributed by atoms with Crippen molar-refractivity contribution in [2.45, 2.75) is 6.92 Å². The molecule has 22 heavy (non-hydrogen) atoms. The molecule has 0 fully saturated rings. The lowest BCUT2D eigenvalue weighted by Crippen LogP contribution is -2.22. The number of amides is 1. The lowest BCUT2D eigenvalue weighted by atomic mass is 10.1. The molecule has 1 aromatic heterocycles. The molecule has 0 aliphatic carbocycles. The van der Waals surface area contributed by atoms with E-state index in [0.29, 0.717) is 39.8 Å². The monoisotopic (exact) mass is 297 g/mol. The molecule has 3 aromatic rings. The normalized spacial score (nSPS) is 10.8. The van der Waals surface area contributed by atoms with Crippen molar-refractivity contribution in [2.24, 2.45) is 0 Å². The number of para-hydroxylation sites is 1. The standard InChI is InChI=1S/C17H15NO4/c1-3-18-17(20)10-7-8-11-14(9-10)22-16-12(15(11)19)5-4-6-13(16)21-2/h4-9H,3H2,1-2H3,(H,18,20). The van der Waals surface area contributed by atoms with Gasteiger partial charge in [-0.05, 0) is 37.3 Å². The Kier molecular flexibility index (Phi) is 3.55. The Morgan fingerprint density at radius 2 is 2.05 bits per heavy atom. The number of nitrogens with one attached hydrogen (secondary N) is 1. The van der Waals surface area contributed by atoms with Gasteiger partial charge in [-0.25, -0.2) is 0 Å². The third-order valence-corrected chi connectivity index (χ3v) is 3.48. The van der Waals surface area contributed by atoms with E-state index in [2.05, 4.69) is 5.32 Å². The highest BCUT2D eigenvalue weighted by Gasteiger charge is 2.13. The number of ether oxygens (including phenoxy) is 1. The van der Waals surface area contributed by atoms with Crippen LogP contribution in [-0.2, 0) is 0 Å². The maximum atomic E-state index is 12.5. The van der Waals surface area contributed by atoms with Crippen LogP contribution in [0.4, 0.5) is 0 Å². The number of fused-ring (bicyclic) bond motifs is 2. The van der Waals surface area contributed by atoms with Gasteiger partial charge in [0.25, 0.3) is 5.91 Å². The van der Waals surface area contributed by atoms with E-state index in [9.17, 15) is 9.59 Å². The van der Waals surface area contributed by atoms with E-state index in [1.807, 2.05) is 6.92 Å². The summed E-state index contributed by atoms with van der Waals surface area (Å²) in [5, 5.41) is 3.61. The van der Waals surface area contributed by atoms with E-state index in [-0.39, 0.29) is 11.3 Å². The summed E-state index contributed by atoms with van der Waals surface area (Å²) >= 11 is 0. The maximum Gasteiger partial charge on any atom is 0.251 e. The summed E-state index contributed by atoms with van der Waals surface area (Å²) in [6.07, 6.45) is 0. The summed E-state index contributed by atoms with van der Waals surface area (Å²) in [5.41, 5.74) is 1.06.